The molecular formula is C14H14ClN3. The fourth-order valence-corrected chi connectivity index (χ4v) is 2.20. The summed E-state index contributed by atoms with van der Waals surface area (Å²) in [5.74, 6) is 1.31. The molecule has 1 saturated carbocycles. The number of pyridine rings is 1. The van der Waals surface area contributed by atoms with Gasteiger partial charge in [-0.1, -0.05) is 23.7 Å². The standard InChI is InChI=1S/C14H14ClN3/c15-10-2-1-3-11(6-10)18-14-5-4-9(8-17-14)12-7-13(12)16/h1-6,8,12-13H,7,16H2,(H,17,18)/t12-,13+/m1/s1. The van der Waals surface area contributed by atoms with Crippen molar-refractivity contribution in [2.45, 2.75) is 18.4 Å². The Morgan fingerprint density at radius 1 is 1.28 bits per heavy atom. The monoisotopic (exact) mass is 259 g/mol. The molecule has 0 amide bonds. The second kappa shape index (κ2) is 4.59. The number of halogens is 1. The van der Waals surface area contributed by atoms with E-state index in [-0.39, 0.29) is 0 Å². The first-order valence-corrected chi connectivity index (χ1v) is 6.34. The van der Waals surface area contributed by atoms with Crippen LogP contribution in [0.3, 0.4) is 0 Å². The second-order valence-corrected chi connectivity index (χ2v) is 5.05. The lowest BCUT2D eigenvalue weighted by atomic mass is 10.2. The molecule has 0 bridgehead atoms. The van der Waals surface area contributed by atoms with E-state index >= 15 is 0 Å². The Morgan fingerprint density at radius 3 is 2.72 bits per heavy atom. The summed E-state index contributed by atoms with van der Waals surface area (Å²) in [6, 6.07) is 11.9. The van der Waals surface area contributed by atoms with Gasteiger partial charge in [-0.15, -0.1) is 0 Å². The maximum atomic E-state index is 5.93. The molecule has 1 fully saturated rings. The van der Waals surface area contributed by atoms with Gasteiger partial charge in [0, 0.05) is 28.9 Å². The lowest BCUT2D eigenvalue weighted by Gasteiger charge is -2.06. The Kier molecular flexibility index (Phi) is 2.94. The van der Waals surface area contributed by atoms with Crippen LogP contribution < -0.4 is 11.1 Å². The summed E-state index contributed by atoms with van der Waals surface area (Å²) in [6.45, 7) is 0. The molecule has 0 aliphatic heterocycles. The first kappa shape index (κ1) is 11.5. The van der Waals surface area contributed by atoms with Gasteiger partial charge in [-0.3, -0.25) is 0 Å². The van der Waals surface area contributed by atoms with Crippen molar-refractivity contribution in [2.24, 2.45) is 5.73 Å². The lowest BCUT2D eigenvalue weighted by Crippen LogP contribution is -2.01. The van der Waals surface area contributed by atoms with E-state index in [0.717, 1.165) is 17.9 Å². The summed E-state index contributed by atoms with van der Waals surface area (Å²) < 4.78 is 0. The van der Waals surface area contributed by atoms with Crippen LogP contribution in [0, 0.1) is 0 Å². The smallest absolute Gasteiger partial charge is 0.130 e. The zero-order valence-corrected chi connectivity index (χ0v) is 10.6. The van der Waals surface area contributed by atoms with Crippen molar-refractivity contribution in [2.75, 3.05) is 5.32 Å². The van der Waals surface area contributed by atoms with Gasteiger partial charge in [-0.2, -0.15) is 0 Å². The van der Waals surface area contributed by atoms with Crippen molar-refractivity contribution in [3.8, 4) is 0 Å². The van der Waals surface area contributed by atoms with Gasteiger partial charge >= 0.3 is 0 Å². The largest absolute Gasteiger partial charge is 0.340 e. The third kappa shape index (κ3) is 2.47. The second-order valence-electron chi connectivity index (χ2n) is 4.62. The zero-order chi connectivity index (χ0) is 12.5. The van der Waals surface area contributed by atoms with Gasteiger partial charge in [0.2, 0.25) is 0 Å². The number of anilines is 2. The molecule has 3 rings (SSSR count). The van der Waals surface area contributed by atoms with Crippen molar-refractivity contribution in [3.05, 3.63) is 53.2 Å². The van der Waals surface area contributed by atoms with E-state index < -0.39 is 0 Å². The van der Waals surface area contributed by atoms with E-state index in [2.05, 4.69) is 16.4 Å². The average molecular weight is 260 g/mol. The summed E-state index contributed by atoms with van der Waals surface area (Å²) in [7, 11) is 0. The number of hydrogen-bond donors (Lipinski definition) is 2. The Labute approximate surface area is 111 Å². The van der Waals surface area contributed by atoms with Gasteiger partial charge in [-0.05, 0) is 36.2 Å². The Bertz CT molecular complexity index is 553. The SMILES string of the molecule is N[C@H]1C[C@@H]1c1ccc(Nc2cccc(Cl)c2)nc1. The molecule has 3 nitrogen and oxygen atoms in total. The highest BCUT2D eigenvalue weighted by Gasteiger charge is 2.34. The molecule has 18 heavy (non-hydrogen) atoms. The minimum atomic E-state index is 0.318. The molecule has 4 heteroatoms. The number of benzene rings is 1. The molecule has 1 aliphatic carbocycles. The number of nitrogens with one attached hydrogen (secondary N) is 1. The average Bonchev–Trinajstić information content (AvgIpc) is 3.07. The predicted molar refractivity (Wildman–Crippen MR) is 74.3 cm³/mol. The Balaban J connectivity index is 1.73. The summed E-state index contributed by atoms with van der Waals surface area (Å²) in [5, 5.41) is 3.92. The summed E-state index contributed by atoms with van der Waals surface area (Å²) >= 11 is 5.93. The molecule has 92 valence electrons. The molecule has 2 aromatic rings. The minimum Gasteiger partial charge on any atom is -0.340 e. The van der Waals surface area contributed by atoms with Crippen LogP contribution in [-0.4, -0.2) is 11.0 Å². The van der Waals surface area contributed by atoms with Crippen molar-refractivity contribution in [3.63, 3.8) is 0 Å². The molecule has 1 aromatic heterocycles. The highest BCUT2D eigenvalue weighted by molar-refractivity contribution is 6.30. The van der Waals surface area contributed by atoms with E-state index in [4.69, 9.17) is 17.3 Å². The first-order valence-electron chi connectivity index (χ1n) is 5.96. The maximum Gasteiger partial charge on any atom is 0.130 e. The van der Waals surface area contributed by atoms with Crippen LogP contribution in [0.4, 0.5) is 11.5 Å². The third-order valence-electron chi connectivity index (χ3n) is 3.15. The van der Waals surface area contributed by atoms with Crippen LogP contribution >= 0.6 is 11.6 Å². The van der Waals surface area contributed by atoms with Crippen LogP contribution in [0.2, 0.25) is 5.02 Å². The van der Waals surface area contributed by atoms with Crippen LogP contribution in [-0.2, 0) is 0 Å². The number of aromatic nitrogens is 1. The van der Waals surface area contributed by atoms with Crippen molar-refractivity contribution < 1.29 is 0 Å². The summed E-state index contributed by atoms with van der Waals surface area (Å²) in [4.78, 5) is 4.39. The van der Waals surface area contributed by atoms with Crippen molar-refractivity contribution >= 4 is 23.1 Å². The van der Waals surface area contributed by atoms with Crippen LogP contribution in [0.25, 0.3) is 0 Å². The zero-order valence-electron chi connectivity index (χ0n) is 9.81. The maximum absolute atomic E-state index is 5.93. The highest BCUT2D eigenvalue weighted by Crippen LogP contribution is 2.38. The molecule has 0 saturated heterocycles. The number of rotatable bonds is 3. The van der Waals surface area contributed by atoms with Crippen molar-refractivity contribution in [1.29, 1.82) is 0 Å². The number of nitrogens with zero attached hydrogens (tertiary/aromatic N) is 1. The van der Waals surface area contributed by atoms with Crippen LogP contribution in [0.5, 0.6) is 0 Å². The van der Waals surface area contributed by atoms with Crippen LogP contribution in [0.15, 0.2) is 42.6 Å². The molecule has 1 heterocycles. The number of nitrogens with two attached hydrogens (primary N) is 1. The highest BCUT2D eigenvalue weighted by atomic mass is 35.5. The number of hydrogen-bond acceptors (Lipinski definition) is 3. The van der Waals surface area contributed by atoms with E-state index in [0.29, 0.717) is 17.0 Å². The molecule has 2 atom stereocenters. The minimum absolute atomic E-state index is 0.318. The van der Waals surface area contributed by atoms with Crippen LogP contribution in [0.1, 0.15) is 17.9 Å². The van der Waals surface area contributed by atoms with Gasteiger partial charge in [0.1, 0.15) is 5.82 Å². The molecule has 0 unspecified atom stereocenters. The van der Waals surface area contributed by atoms with E-state index in [1.54, 1.807) is 0 Å². The first-order chi connectivity index (χ1) is 8.72. The molecular weight excluding hydrogens is 246 g/mol. The van der Waals surface area contributed by atoms with Crippen molar-refractivity contribution in [1.82, 2.24) is 4.98 Å². The lowest BCUT2D eigenvalue weighted by molar-refractivity contribution is 0.981. The van der Waals surface area contributed by atoms with E-state index in [1.807, 2.05) is 36.5 Å². The van der Waals surface area contributed by atoms with E-state index in [1.165, 1.54) is 5.56 Å². The van der Waals surface area contributed by atoms with Gasteiger partial charge in [0.25, 0.3) is 0 Å². The van der Waals surface area contributed by atoms with Gasteiger partial charge in [0.15, 0.2) is 0 Å². The Hall–Kier alpha value is -1.58. The molecule has 1 aliphatic rings. The summed E-state index contributed by atoms with van der Waals surface area (Å²) in [5.41, 5.74) is 7.98. The van der Waals surface area contributed by atoms with Gasteiger partial charge in [0.05, 0.1) is 0 Å². The molecule has 0 radical (unpaired) electrons. The topological polar surface area (TPSA) is 50.9 Å². The fraction of sp³-hybridized carbons (Fsp3) is 0.214. The normalized spacial score (nSPS) is 21.7. The molecule has 0 spiro atoms. The predicted octanol–water partition coefficient (Wildman–Crippen LogP) is 3.29. The fourth-order valence-electron chi connectivity index (χ4n) is 2.01. The summed E-state index contributed by atoms with van der Waals surface area (Å²) in [6.07, 6.45) is 2.97. The third-order valence-corrected chi connectivity index (χ3v) is 3.39. The molecule has 3 N–H and O–H groups in total. The van der Waals surface area contributed by atoms with Gasteiger partial charge < -0.3 is 11.1 Å². The Morgan fingerprint density at radius 2 is 2.11 bits per heavy atom. The molecule has 1 aromatic carbocycles. The quantitative estimate of drug-likeness (QED) is 0.889. The van der Waals surface area contributed by atoms with E-state index in [9.17, 15) is 0 Å². The van der Waals surface area contributed by atoms with Gasteiger partial charge in [-0.25, -0.2) is 4.98 Å².